The molecule has 1 aromatic carbocycles. The molecule has 1 heterocycles. The highest BCUT2D eigenvalue weighted by molar-refractivity contribution is 7.92. The molecule has 4 nitrogen and oxygen atoms in total. The Kier molecular flexibility index (Phi) is 5.37. The molecule has 0 fully saturated rings. The van der Waals surface area contributed by atoms with E-state index < -0.39 is 15.1 Å². The molecule has 6 heteroatoms. The van der Waals surface area contributed by atoms with E-state index in [9.17, 15) is 13.2 Å². The van der Waals surface area contributed by atoms with E-state index in [1.165, 1.54) is 17.0 Å². The van der Waals surface area contributed by atoms with E-state index in [4.69, 9.17) is 0 Å². The summed E-state index contributed by atoms with van der Waals surface area (Å²) in [4.78, 5) is 13.3. The topological polar surface area (TPSA) is 63.2 Å². The minimum atomic E-state index is -3.27. The van der Waals surface area contributed by atoms with Gasteiger partial charge in [0.15, 0.2) is 9.84 Å². The number of thiophene rings is 1. The number of carbonyl (C=O) groups is 1. The molecule has 1 aromatic heterocycles. The third kappa shape index (κ3) is 4.18. The molecule has 2 aromatic rings. The SMILES string of the molecule is CC(C)S(=O)(=O)c1ccc(NC(=O)CCc2cccs2)cc1. The van der Waals surface area contributed by atoms with Gasteiger partial charge in [0.05, 0.1) is 10.1 Å². The van der Waals surface area contributed by atoms with Crippen molar-refractivity contribution in [1.82, 2.24) is 0 Å². The summed E-state index contributed by atoms with van der Waals surface area (Å²) < 4.78 is 24.0. The van der Waals surface area contributed by atoms with Crippen LogP contribution in [-0.2, 0) is 21.1 Å². The van der Waals surface area contributed by atoms with Gasteiger partial charge < -0.3 is 5.32 Å². The van der Waals surface area contributed by atoms with Gasteiger partial charge in [-0.3, -0.25) is 4.79 Å². The first-order valence-corrected chi connectivity index (χ1v) is 9.48. The summed E-state index contributed by atoms with van der Waals surface area (Å²) in [5.74, 6) is -0.0760. The monoisotopic (exact) mass is 337 g/mol. The van der Waals surface area contributed by atoms with Crippen LogP contribution < -0.4 is 5.32 Å². The molecule has 0 saturated carbocycles. The fourth-order valence-electron chi connectivity index (χ4n) is 1.92. The zero-order valence-corrected chi connectivity index (χ0v) is 14.2. The fraction of sp³-hybridized carbons (Fsp3) is 0.312. The van der Waals surface area contributed by atoms with Crippen LogP contribution in [0.1, 0.15) is 25.1 Å². The first kappa shape index (κ1) is 16.7. The van der Waals surface area contributed by atoms with Gasteiger partial charge in [-0.2, -0.15) is 0 Å². The van der Waals surface area contributed by atoms with E-state index in [-0.39, 0.29) is 10.8 Å². The number of hydrogen-bond donors (Lipinski definition) is 1. The Morgan fingerprint density at radius 1 is 1.18 bits per heavy atom. The average Bonchev–Trinajstić information content (AvgIpc) is 2.99. The number of amides is 1. The molecule has 0 spiro atoms. The average molecular weight is 337 g/mol. The molecule has 0 aliphatic rings. The summed E-state index contributed by atoms with van der Waals surface area (Å²) in [6.07, 6.45) is 1.12. The number of hydrogen-bond acceptors (Lipinski definition) is 4. The summed E-state index contributed by atoms with van der Waals surface area (Å²) in [7, 11) is -3.27. The molecule has 1 N–H and O–H groups in total. The Labute approximate surface area is 135 Å². The molecule has 1 amide bonds. The van der Waals surface area contributed by atoms with Gasteiger partial charge >= 0.3 is 0 Å². The van der Waals surface area contributed by atoms with Crippen molar-refractivity contribution < 1.29 is 13.2 Å². The fourth-order valence-corrected chi connectivity index (χ4v) is 3.68. The lowest BCUT2D eigenvalue weighted by Gasteiger charge is -2.09. The van der Waals surface area contributed by atoms with Crippen molar-refractivity contribution in [1.29, 1.82) is 0 Å². The number of anilines is 1. The normalized spacial score (nSPS) is 11.6. The molecule has 0 bridgehead atoms. The van der Waals surface area contributed by atoms with E-state index in [0.717, 1.165) is 0 Å². The number of aryl methyl sites for hydroxylation is 1. The maximum atomic E-state index is 12.0. The highest BCUT2D eigenvalue weighted by atomic mass is 32.2. The van der Waals surface area contributed by atoms with Crippen LogP contribution in [0.25, 0.3) is 0 Å². The van der Waals surface area contributed by atoms with Crippen LogP contribution in [0.15, 0.2) is 46.7 Å². The summed E-state index contributed by atoms with van der Waals surface area (Å²) in [6, 6.07) is 10.3. The summed E-state index contributed by atoms with van der Waals surface area (Å²) in [5, 5.41) is 4.31. The van der Waals surface area contributed by atoms with Gasteiger partial charge in [0, 0.05) is 17.0 Å². The molecule has 118 valence electrons. The third-order valence-corrected chi connectivity index (χ3v) is 6.37. The van der Waals surface area contributed by atoms with Gasteiger partial charge in [0.1, 0.15) is 0 Å². The van der Waals surface area contributed by atoms with E-state index in [1.54, 1.807) is 37.3 Å². The van der Waals surface area contributed by atoms with Crippen LogP contribution in [-0.4, -0.2) is 19.6 Å². The summed E-state index contributed by atoms with van der Waals surface area (Å²) in [6.45, 7) is 3.30. The smallest absolute Gasteiger partial charge is 0.224 e. The molecular formula is C16H19NO3S2. The maximum absolute atomic E-state index is 12.0. The second-order valence-corrected chi connectivity index (χ2v) is 8.78. The van der Waals surface area contributed by atoms with Crippen LogP contribution in [0, 0.1) is 0 Å². The number of sulfone groups is 1. The van der Waals surface area contributed by atoms with Crippen LogP contribution in [0.3, 0.4) is 0 Å². The van der Waals surface area contributed by atoms with Crippen molar-refractivity contribution in [3.05, 3.63) is 46.7 Å². The molecule has 0 saturated heterocycles. The van der Waals surface area contributed by atoms with Crippen molar-refractivity contribution in [2.75, 3.05) is 5.32 Å². The minimum absolute atomic E-state index is 0.0760. The Balaban J connectivity index is 1.95. The van der Waals surface area contributed by atoms with E-state index >= 15 is 0 Å². The maximum Gasteiger partial charge on any atom is 0.224 e. The Hall–Kier alpha value is -1.66. The quantitative estimate of drug-likeness (QED) is 0.877. The van der Waals surface area contributed by atoms with Crippen LogP contribution in [0.2, 0.25) is 0 Å². The van der Waals surface area contributed by atoms with Crippen molar-refractivity contribution in [3.63, 3.8) is 0 Å². The van der Waals surface area contributed by atoms with E-state index in [0.29, 0.717) is 18.5 Å². The van der Waals surface area contributed by atoms with E-state index in [2.05, 4.69) is 5.32 Å². The van der Waals surface area contributed by atoms with Crippen molar-refractivity contribution in [3.8, 4) is 0 Å². The summed E-state index contributed by atoms with van der Waals surface area (Å²) >= 11 is 1.63. The first-order chi connectivity index (χ1) is 10.4. The number of nitrogens with one attached hydrogen (secondary N) is 1. The number of rotatable bonds is 6. The van der Waals surface area contributed by atoms with Gasteiger partial charge in [-0.1, -0.05) is 6.07 Å². The summed E-state index contributed by atoms with van der Waals surface area (Å²) in [5.41, 5.74) is 0.610. The lowest BCUT2D eigenvalue weighted by Crippen LogP contribution is -2.15. The first-order valence-electron chi connectivity index (χ1n) is 7.06. The second kappa shape index (κ2) is 7.07. The van der Waals surface area contributed by atoms with Crippen molar-refractivity contribution >= 4 is 32.8 Å². The van der Waals surface area contributed by atoms with Crippen LogP contribution >= 0.6 is 11.3 Å². The standard InChI is InChI=1S/C16H19NO3S2/c1-12(2)22(19,20)15-8-5-13(6-9-15)17-16(18)10-7-14-4-3-11-21-14/h3-6,8-9,11-12H,7,10H2,1-2H3,(H,17,18). The minimum Gasteiger partial charge on any atom is -0.326 e. The van der Waals surface area contributed by atoms with Gasteiger partial charge in [0.2, 0.25) is 5.91 Å². The van der Waals surface area contributed by atoms with Gasteiger partial charge in [-0.15, -0.1) is 11.3 Å². The van der Waals surface area contributed by atoms with Gasteiger partial charge in [0.25, 0.3) is 0 Å². The third-order valence-electron chi connectivity index (χ3n) is 3.27. The molecule has 0 radical (unpaired) electrons. The van der Waals surface area contributed by atoms with Gasteiger partial charge in [-0.05, 0) is 56.0 Å². The molecular weight excluding hydrogens is 318 g/mol. The Morgan fingerprint density at radius 2 is 1.86 bits per heavy atom. The largest absolute Gasteiger partial charge is 0.326 e. The lowest BCUT2D eigenvalue weighted by molar-refractivity contribution is -0.116. The molecule has 0 aliphatic carbocycles. The highest BCUT2D eigenvalue weighted by Gasteiger charge is 2.18. The lowest BCUT2D eigenvalue weighted by atomic mass is 10.2. The zero-order valence-electron chi connectivity index (χ0n) is 12.6. The Bertz CT molecular complexity index is 717. The molecule has 22 heavy (non-hydrogen) atoms. The highest BCUT2D eigenvalue weighted by Crippen LogP contribution is 2.19. The molecule has 2 rings (SSSR count). The van der Waals surface area contributed by atoms with Crippen LogP contribution in [0.4, 0.5) is 5.69 Å². The molecule has 0 atom stereocenters. The number of carbonyl (C=O) groups excluding carboxylic acids is 1. The second-order valence-electron chi connectivity index (χ2n) is 5.25. The predicted molar refractivity (Wildman–Crippen MR) is 90.0 cm³/mol. The predicted octanol–water partition coefficient (Wildman–Crippen LogP) is 3.50. The molecule has 0 aliphatic heterocycles. The van der Waals surface area contributed by atoms with Crippen molar-refractivity contribution in [2.24, 2.45) is 0 Å². The van der Waals surface area contributed by atoms with Crippen molar-refractivity contribution in [2.45, 2.75) is 36.8 Å². The Morgan fingerprint density at radius 3 is 2.41 bits per heavy atom. The van der Waals surface area contributed by atoms with Gasteiger partial charge in [-0.25, -0.2) is 8.42 Å². The number of benzene rings is 1. The molecule has 0 unspecified atom stereocenters. The zero-order chi connectivity index (χ0) is 16.2. The van der Waals surface area contributed by atoms with Crippen LogP contribution in [0.5, 0.6) is 0 Å². The van der Waals surface area contributed by atoms with E-state index in [1.807, 2.05) is 17.5 Å².